The average Bonchev–Trinajstić information content (AvgIpc) is 2.69. The van der Waals surface area contributed by atoms with Gasteiger partial charge in [-0.1, -0.05) is 12.8 Å². The third-order valence-electron chi connectivity index (χ3n) is 3.39. The molecule has 1 atom stereocenters. The Morgan fingerprint density at radius 1 is 1.16 bits per heavy atom. The van der Waals surface area contributed by atoms with Gasteiger partial charge >= 0.3 is 0 Å². The Bertz CT molecular complexity index is 411. The van der Waals surface area contributed by atoms with Gasteiger partial charge in [0.25, 0.3) is 5.91 Å². The summed E-state index contributed by atoms with van der Waals surface area (Å²) in [6.07, 6.45) is 4.29. The number of carbonyl (C=O) groups excluding carboxylic acids is 1. The maximum atomic E-state index is 12.3. The van der Waals surface area contributed by atoms with Crippen molar-refractivity contribution in [3.63, 3.8) is 0 Å². The fourth-order valence-electron chi connectivity index (χ4n) is 2.32. The zero-order valence-corrected chi connectivity index (χ0v) is 13.4. The van der Waals surface area contributed by atoms with Gasteiger partial charge < -0.3 is 9.64 Å². The van der Waals surface area contributed by atoms with E-state index in [0.717, 1.165) is 35.3 Å². The van der Waals surface area contributed by atoms with Crippen molar-refractivity contribution in [2.24, 2.45) is 0 Å². The van der Waals surface area contributed by atoms with Gasteiger partial charge in [-0.15, -0.1) is 0 Å². The van der Waals surface area contributed by atoms with Crippen LogP contribution < -0.4 is 4.74 Å². The van der Waals surface area contributed by atoms with Crippen LogP contribution in [-0.4, -0.2) is 30.0 Å². The minimum atomic E-state index is -0.404. The second-order valence-electron chi connectivity index (χ2n) is 4.95. The molecule has 1 fully saturated rings. The predicted molar refractivity (Wildman–Crippen MR) is 84.3 cm³/mol. The van der Waals surface area contributed by atoms with Crippen molar-refractivity contribution in [3.05, 3.63) is 27.8 Å². The second-order valence-corrected chi connectivity index (χ2v) is 6.20. The number of amides is 1. The first-order valence-electron chi connectivity index (χ1n) is 6.88. The van der Waals surface area contributed by atoms with Crippen LogP contribution in [0.2, 0.25) is 0 Å². The maximum Gasteiger partial charge on any atom is 0.263 e. The zero-order chi connectivity index (χ0) is 13.7. The lowest BCUT2D eigenvalue weighted by Crippen LogP contribution is -2.40. The van der Waals surface area contributed by atoms with Gasteiger partial charge in [-0.2, -0.15) is 0 Å². The highest BCUT2D eigenvalue weighted by molar-refractivity contribution is 14.1. The van der Waals surface area contributed by atoms with E-state index in [0.29, 0.717) is 0 Å². The Morgan fingerprint density at radius 3 is 2.32 bits per heavy atom. The molecule has 0 aliphatic carbocycles. The van der Waals surface area contributed by atoms with Gasteiger partial charge in [0.15, 0.2) is 6.10 Å². The van der Waals surface area contributed by atoms with Crippen molar-refractivity contribution in [2.45, 2.75) is 38.7 Å². The van der Waals surface area contributed by atoms with Crippen LogP contribution in [0.1, 0.15) is 32.6 Å². The third-order valence-corrected chi connectivity index (χ3v) is 4.11. The van der Waals surface area contributed by atoms with Crippen molar-refractivity contribution in [1.82, 2.24) is 4.90 Å². The minimum absolute atomic E-state index is 0.112. The van der Waals surface area contributed by atoms with Crippen molar-refractivity contribution >= 4 is 28.5 Å². The minimum Gasteiger partial charge on any atom is -0.481 e. The van der Waals surface area contributed by atoms with Gasteiger partial charge in [0.2, 0.25) is 0 Å². The Labute approximate surface area is 128 Å². The molecule has 19 heavy (non-hydrogen) atoms. The molecule has 104 valence electrons. The smallest absolute Gasteiger partial charge is 0.263 e. The largest absolute Gasteiger partial charge is 0.481 e. The number of halogens is 1. The first-order chi connectivity index (χ1) is 9.16. The number of ether oxygens (including phenoxy) is 1. The van der Waals surface area contributed by atoms with Crippen molar-refractivity contribution in [2.75, 3.05) is 13.1 Å². The lowest BCUT2D eigenvalue weighted by Gasteiger charge is -2.24. The fourth-order valence-corrected chi connectivity index (χ4v) is 2.68. The lowest BCUT2D eigenvalue weighted by molar-refractivity contribution is -0.137. The molecule has 2 rings (SSSR count). The maximum absolute atomic E-state index is 12.3. The molecule has 0 saturated carbocycles. The molecule has 0 N–H and O–H groups in total. The molecule has 1 saturated heterocycles. The quantitative estimate of drug-likeness (QED) is 0.760. The van der Waals surface area contributed by atoms with Crippen LogP contribution in [0.4, 0.5) is 0 Å². The standard InChI is InChI=1S/C15H20INO2/c1-12(19-14-8-6-13(16)7-9-14)15(18)17-10-4-2-3-5-11-17/h6-9,12H,2-5,10-11H2,1H3. The molecule has 0 radical (unpaired) electrons. The molecular formula is C15H20INO2. The number of likely N-dealkylation sites (tertiary alicyclic amines) is 1. The Balaban J connectivity index is 1.92. The summed E-state index contributed by atoms with van der Waals surface area (Å²) < 4.78 is 6.89. The fraction of sp³-hybridized carbons (Fsp3) is 0.533. The molecule has 0 spiro atoms. The second kappa shape index (κ2) is 7.12. The number of rotatable bonds is 3. The number of nitrogens with zero attached hydrogens (tertiary/aromatic N) is 1. The van der Waals surface area contributed by atoms with E-state index in [9.17, 15) is 4.79 Å². The Hall–Kier alpha value is -0.780. The molecule has 4 heteroatoms. The molecule has 0 aromatic heterocycles. The summed E-state index contributed by atoms with van der Waals surface area (Å²) in [5.41, 5.74) is 0. The van der Waals surface area contributed by atoms with Crippen LogP contribution in [0.3, 0.4) is 0 Å². The van der Waals surface area contributed by atoms with Gasteiger partial charge in [0.1, 0.15) is 5.75 Å². The highest BCUT2D eigenvalue weighted by Gasteiger charge is 2.22. The summed E-state index contributed by atoms with van der Waals surface area (Å²) in [4.78, 5) is 14.3. The van der Waals surface area contributed by atoms with Crippen LogP contribution >= 0.6 is 22.6 Å². The lowest BCUT2D eigenvalue weighted by atomic mass is 10.2. The van der Waals surface area contributed by atoms with Crippen LogP contribution in [0.15, 0.2) is 24.3 Å². The van der Waals surface area contributed by atoms with E-state index in [2.05, 4.69) is 22.6 Å². The molecular weight excluding hydrogens is 353 g/mol. The highest BCUT2D eigenvalue weighted by atomic mass is 127. The van der Waals surface area contributed by atoms with Crippen molar-refractivity contribution in [3.8, 4) is 5.75 Å². The summed E-state index contributed by atoms with van der Waals surface area (Å²) in [7, 11) is 0. The van der Waals surface area contributed by atoms with E-state index in [4.69, 9.17) is 4.74 Å². The average molecular weight is 373 g/mol. The number of hydrogen-bond acceptors (Lipinski definition) is 2. The zero-order valence-electron chi connectivity index (χ0n) is 11.3. The molecule has 1 aliphatic heterocycles. The molecule has 1 aromatic rings. The topological polar surface area (TPSA) is 29.5 Å². The first kappa shape index (κ1) is 14.6. The van der Waals surface area contributed by atoms with Crippen LogP contribution in [0, 0.1) is 3.57 Å². The van der Waals surface area contributed by atoms with Gasteiger partial charge in [-0.05, 0) is 66.6 Å². The first-order valence-corrected chi connectivity index (χ1v) is 7.96. The summed E-state index contributed by atoms with van der Waals surface area (Å²) in [5, 5.41) is 0. The summed E-state index contributed by atoms with van der Waals surface area (Å²) >= 11 is 2.25. The molecule has 0 bridgehead atoms. The van der Waals surface area contributed by atoms with E-state index >= 15 is 0 Å². The van der Waals surface area contributed by atoms with E-state index in [-0.39, 0.29) is 5.91 Å². The molecule has 1 heterocycles. The Kier molecular flexibility index (Phi) is 5.48. The SMILES string of the molecule is CC(Oc1ccc(I)cc1)C(=O)N1CCCCCC1. The van der Waals surface area contributed by atoms with Crippen LogP contribution in [0.25, 0.3) is 0 Å². The van der Waals surface area contributed by atoms with Crippen LogP contribution in [0.5, 0.6) is 5.75 Å². The predicted octanol–water partition coefficient (Wildman–Crippen LogP) is 3.46. The molecule has 3 nitrogen and oxygen atoms in total. The van der Waals surface area contributed by atoms with Gasteiger partial charge in [0, 0.05) is 16.7 Å². The molecule has 1 unspecified atom stereocenters. The van der Waals surface area contributed by atoms with E-state index in [1.54, 1.807) is 0 Å². The van der Waals surface area contributed by atoms with Gasteiger partial charge in [-0.3, -0.25) is 4.79 Å². The highest BCUT2D eigenvalue weighted by Crippen LogP contribution is 2.17. The van der Waals surface area contributed by atoms with Gasteiger partial charge in [0.05, 0.1) is 0 Å². The summed E-state index contributed by atoms with van der Waals surface area (Å²) in [6.45, 7) is 3.59. The summed E-state index contributed by atoms with van der Waals surface area (Å²) in [5.74, 6) is 0.872. The van der Waals surface area contributed by atoms with E-state index < -0.39 is 6.10 Å². The number of carbonyl (C=O) groups is 1. The monoisotopic (exact) mass is 373 g/mol. The van der Waals surface area contributed by atoms with E-state index in [1.165, 1.54) is 12.8 Å². The molecule has 1 aromatic carbocycles. The summed E-state index contributed by atoms with van der Waals surface area (Å²) in [6, 6.07) is 7.79. The Morgan fingerprint density at radius 2 is 1.74 bits per heavy atom. The molecule has 1 amide bonds. The third kappa shape index (κ3) is 4.37. The van der Waals surface area contributed by atoms with Crippen molar-refractivity contribution in [1.29, 1.82) is 0 Å². The normalized spacial score (nSPS) is 17.7. The van der Waals surface area contributed by atoms with Gasteiger partial charge in [-0.25, -0.2) is 0 Å². The van der Waals surface area contributed by atoms with Crippen molar-refractivity contribution < 1.29 is 9.53 Å². The van der Waals surface area contributed by atoms with Crippen LogP contribution in [-0.2, 0) is 4.79 Å². The number of hydrogen-bond donors (Lipinski definition) is 0. The van der Waals surface area contributed by atoms with E-state index in [1.807, 2.05) is 36.1 Å². The molecule has 1 aliphatic rings. The number of benzene rings is 1.